The molecule has 0 spiro atoms. The van der Waals surface area contributed by atoms with Crippen molar-refractivity contribution in [1.82, 2.24) is 9.55 Å². The van der Waals surface area contributed by atoms with Crippen LogP contribution in [0, 0.1) is 0 Å². The van der Waals surface area contributed by atoms with Crippen LogP contribution < -0.4 is 10.5 Å². The number of nitrogens with zero attached hydrogens (tertiary/aromatic N) is 3. The second-order valence-electron chi connectivity index (χ2n) is 9.90. The average Bonchev–Trinajstić information content (AvgIpc) is 2.96. The Balaban J connectivity index is 1.90. The summed E-state index contributed by atoms with van der Waals surface area (Å²) in [5.41, 5.74) is 1.96. The van der Waals surface area contributed by atoms with Gasteiger partial charge in [0.2, 0.25) is 5.91 Å². The molecule has 2 aromatic carbocycles. The molecule has 0 saturated heterocycles. The van der Waals surface area contributed by atoms with E-state index in [-0.39, 0.29) is 18.1 Å². The van der Waals surface area contributed by atoms with Crippen LogP contribution in [0.2, 0.25) is 0 Å². The van der Waals surface area contributed by atoms with Crippen molar-refractivity contribution in [3.05, 3.63) is 76.8 Å². The minimum absolute atomic E-state index is 0.0487. The molecule has 8 heteroatoms. The molecule has 1 amide bonds. The number of carbonyl (C=O) groups is 2. The van der Waals surface area contributed by atoms with Gasteiger partial charge in [0.1, 0.15) is 17.7 Å². The molecule has 214 valence electrons. The van der Waals surface area contributed by atoms with Crippen molar-refractivity contribution in [3.8, 4) is 11.3 Å². The first kappa shape index (κ1) is 31.1. The van der Waals surface area contributed by atoms with Crippen LogP contribution in [-0.4, -0.2) is 31.8 Å². The summed E-state index contributed by atoms with van der Waals surface area (Å²) in [6, 6.07) is 18.5. The lowest BCUT2D eigenvalue weighted by Crippen LogP contribution is -2.38. The van der Waals surface area contributed by atoms with Crippen LogP contribution in [-0.2, 0) is 22.7 Å². The number of aromatic nitrogens is 2. The standard InChI is InChI=1S/C32H41N3O4S/c1-4-7-8-9-13-17-30(36)34(25-18-20-26(21-19-25)40-28(14-5-2)32(38)39)23-35-29(6-3)33-27(22-31(35)37)24-15-11-10-12-16-24/h10-12,15-16,18-22,28H,4-9,13-14,17,23H2,1-3H3,(H,38,39). The lowest BCUT2D eigenvalue weighted by Gasteiger charge is -2.25. The van der Waals surface area contributed by atoms with Crippen LogP contribution in [0.25, 0.3) is 11.3 Å². The van der Waals surface area contributed by atoms with Gasteiger partial charge in [-0.25, -0.2) is 4.98 Å². The molecular formula is C32H41N3O4S. The molecule has 0 saturated carbocycles. The maximum atomic E-state index is 13.5. The third-order valence-corrected chi connectivity index (χ3v) is 8.07. The molecular weight excluding hydrogens is 522 g/mol. The zero-order valence-corrected chi connectivity index (χ0v) is 24.7. The maximum Gasteiger partial charge on any atom is 0.316 e. The van der Waals surface area contributed by atoms with Gasteiger partial charge in [-0.1, -0.05) is 83.2 Å². The first-order valence-electron chi connectivity index (χ1n) is 14.3. The highest BCUT2D eigenvalue weighted by atomic mass is 32.2. The third kappa shape index (κ3) is 8.81. The number of carbonyl (C=O) groups excluding carboxylic acids is 1. The summed E-state index contributed by atoms with van der Waals surface area (Å²) in [4.78, 5) is 45.7. The molecule has 0 bridgehead atoms. The summed E-state index contributed by atoms with van der Waals surface area (Å²) >= 11 is 1.32. The molecule has 1 atom stereocenters. The Morgan fingerprint density at radius 1 is 0.950 bits per heavy atom. The van der Waals surface area contributed by atoms with E-state index in [0.29, 0.717) is 36.5 Å². The number of amides is 1. The van der Waals surface area contributed by atoms with Crippen molar-refractivity contribution in [2.24, 2.45) is 0 Å². The monoisotopic (exact) mass is 563 g/mol. The Bertz CT molecular complexity index is 1290. The minimum Gasteiger partial charge on any atom is -0.480 e. The van der Waals surface area contributed by atoms with E-state index in [2.05, 4.69) is 6.92 Å². The number of aryl methyl sites for hydroxylation is 1. The predicted octanol–water partition coefficient (Wildman–Crippen LogP) is 7.17. The lowest BCUT2D eigenvalue weighted by molar-refractivity contribution is -0.136. The molecule has 0 radical (unpaired) electrons. The molecule has 3 aromatic rings. The Labute approximate surface area is 241 Å². The van der Waals surface area contributed by atoms with Gasteiger partial charge in [-0.2, -0.15) is 0 Å². The first-order chi connectivity index (χ1) is 19.4. The number of carboxylic acid groups (broad SMARTS) is 1. The molecule has 7 nitrogen and oxygen atoms in total. The number of aliphatic carboxylic acids is 1. The number of thioether (sulfide) groups is 1. The Morgan fingerprint density at radius 2 is 1.65 bits per heavy atom. The molecule has 0 aliphatic heterocycles. The number of hydrogen-bond donors (Lipinski definition) is 1. The van der Waals surface area contributed by atoms with Crippen LogP contribution in [0.4, 0.5) is 5.69 Å². The number of rotatable bonds is 16. The Kier molecular flexibility index (Phi) is 12.5. The second-order valence-corrected chi connectivity index (χ2v) is 11.2. The molecule has 0 aliphatic carbocycles. The summed E-state index contributed by atoms with van der Waals surface area (Å²) in [7, 11) is 0. The molecule has 0 aliphatic rings. The van der Waals surface area contributed by atoms with E-state index in [1.165, 1.54) is 17.8 Å². The molecule has 0 fully saturated rings. The molecule has 1 heterocycles. The minimum atomic E-state index is -0.825. The predicted molar refractivity (Wildman–Crippen MR) is 163 cm³/mol. The molecule has 1 aromatic heterocycles. The molecule has 1 unspecified atom stereocenters. The van der Waals surface area contributed by atoms with Gasteiger partial charge < -0.3 is 5.11 Å². The van der Waals surface area contributed by atoms with Crippen molar-refractivity contribution in [2.75, 3.05) is 4.90 Å². The van der Waals surface area contributed by atoms with E-state index in [4.69, 9.17) is 4.98 Å². The Hall–Kier alpha value is -3.39. The number of benzene rings is 2. The van der Waals surface area contributed by atoms with Gasteiger partial charge >= 0.3 is 5.97 Å². The van der Waals surface area contributed by atoms with Gasteiger partial charge in [0, 0.05) is 35.1 Å². The van der Waals surface area contributed by atoms with Gasteiger partial charge in [-0.15, -0.1) is 11.8 Å². The summed E-state index contributed by atoms with van der Waals surface area (Å²) < 4.78 is 1.58. The highest BCUT2D eigenvalue weighted by Crippen LogP contribution is 2.29. The van der Waals surface area contributed by atoms with Crippen molar-refractivity contribution in [3.63, 3.8) is 0 Å². The van der Waals surface area contributed by atoms with Crippen LogP contribution in [0.1, 0.15) is 78.0 Å². The van der Waals surface area contributed by atoms with Crippen molar-refractivity contribution < 1.29 is 14.7 Å². The summed E-state index contributed by atoms with van der Waals surface area (Å²) in [5, 5.41) is 9.02. The molecule has 3 rings (SSSR count). The number of hydrogen-bond acceptors (Lipinski definition) is 5. The van der Waals surface area contributed by atoms with Crippen LogP contribution >= 0.6 is 11.8 Å². The topological polar surface area (TPSA) is 92.5 Å². The van der Waals surface area contributed by atoms with Gasteiger partial charge in [-0.3, -0.25) is 23.9 Å². The van der Waals surface area contributed by atoms with E-state index >= 15 is 0 Å². The van der Waals surface area contributed by atoms with Crippen molar-refractivity contribution in [2.45, 2.75) is 95.4 Å². The van der Waals surface area contributed by atoms with Gasteiger partial charge in [-0.05, 0) is 37.1 Å². The van der Waals surface area contributed by atoms with E-state index in [9.17, 15) is 19.5 Å². The van der Waals surface area contributed by atoms with Crippen molar-refractivity contribution in [1.29, 1.82) is 0 Å². The van der Waals surface area contributed by atoms with Crippen LogP contribution in [0.3, 0.4) is 0 Å². The fourth-order valence-electron chi connectivity index (χ4n) is 4.56. The van der Waals surface area contributed by atoms with Crippen LogP contribution in [0.15, 0.2) is 70.4 Å². The summed E-state index contributed by atoms with van der Waals surface area (Å²) in [6.45, 7) is 6.15. The smallest absolute Gasteiger partial charge is 0.316 e. The Morgan fingerprint density at radius 3 is 2.27 bits per heavy atom. The van der Waals surface area contributed by atoms with Gasteiger partial charge in [0.15, 0.2) is 0 Å². The number of carboxylic acids is 1. The third-order valence-electron chi connectivity index (χ3n) is 6.80. The lowest BCUT2D eigenvalue weighted by atomic mass is 10.1. The normalized spacial score (nSPS) is 11.8. The van der Waals surface area contributed by atoms with Crippen molar-refractivity contribution >= 4 is 29.3 Å². The number of unbranched alkanes of at least 4 members (excludes halogenated alkanes) is 4. The average molecular weight is 564 g/mol. The second kappa shape index (κ2) is 16.0. The molecule has 1 N–H and O–H groups in total. The first-order valence-corrected chi connectivity index (χ1v) is 15.2. The van der Waals surface area contributed by atoms with E-state index in [1.807, 2.05) is 68.4 Å². The quantitative estimate of drug-likeness (QED) is 0.147. The largest absolute Gasteiger partial charge is 0.480 e. The van der Waals surface area contributed by atoms with Gasteiger partial charge in [0.05, 0.1) is 5.69 Å². The van der Waals surface area contributed by atoms with E-state index < -0.39 is 11.2 Å². The van der Waals surface area contributed by atoms with Gasteiger partial charge in [0.25, 0.3) is 5.56 Å². The maximum absolute atomic E-state index is 13.5. The van der Waals surface area contributed by atoms with E-state index in [0.717, 1.165) is 49.0 Å². The number of anilines is 1. The highest BCUT2D eigenvalue weighted by molar-refractivity contribution is 8.00. The fraction of sp³-hybridized carbons (Fsp3) is 0.438. The molecule has 40 heavy (non-hydrogen) atoms. The summed E-state index contributed by atoms with van der Waals surface area (Å²) in [5.74, 6) is -0.260. The zero-order valence-electron chi connectivity index (χ0n) is 23.8. The summed E-state index contributed by atoms with van der Waals surface area (Å²) in [6.07, 6.45) is 7.48. The zero-order chi connectivity index (χ0) is 28.9. The van der Waals surface area contributed by atoms with E-state index in [1.54, 1.807) is 9.47 Å². The fourth-order valence-corrected chi connectivity index (χ4v) is 5.63. The highest BCUT2D eigenvalue weighted by Gasteiger charge is 2.21. The van der Waals surface area contributed by atoms with Crippen LogP contribution in [0.5, 0.6) is 0 Å². The SMILES string of the molecule is CCCCCCCC(=O)N(Cn1c(CC)nc(-c2ccccc2)cc1=O)c1ccc(SC(CCC)C(=O)O)cc1.